The molecular formula is C25H27N3O4S. The van der Waals surface area contributed by atoms with Crippen molar-refractivity contribution in [3.05, 3.63) is 64.1 Å². The molecule has 8 heteroatoms. The Kier molecular flexibility index (Phi) is 6.21. The average molecular weight is 466 g/mol. The van der Waals surface area contributed by atoms with E-state index in [1.165, 1.54) is 28.7 Å². The highest BCUT2D eigenvalue weighted by molar-refractivity contribution is 8.03. The molecule has 2 aliphatic rings. The van der Waals surface area contributed by atoms with Crippen LogP contribution < -0.4 is 15.0 Å². The highest BCUT2D eigenvalue weighted by Gasteiger charge is 2.51. The van der Waals surface area contributed by atoms with Crippen molar-refractivity contribution in [2.75, 3.05) is 23.9 Å². The van der Waals surface area contributed by atoms with Gasteiger partial charge in [-0.25, -0.2) is 9.69 Å². The molecule has 1 N–H and O–H groups in total. The molecule has 2 heterocycles. The molecule has 2 aromatic carbocycles. The van der Waals surface area contributed by atoms with Crippen molar-refractivity contribution in [1.82, 2.24) is 4.90 Å². The molecule has 0 bridgehead atoms. The number of hydrogen-bond donors (Lipinski definition) is 1. The summed E-state index contributed by atoms with van der Waals surface area (Å²) >= 11 is 1.46. The lowest BCUT2D eigenvalue weighted by Gasteiger charge is -2.41. The fourth-order valence-electron chi connectivity index (χ4n) is 4.15. The maximum Gasteiger partial charge on any atom is 0.332 e. The highest BCUT2D eigenvalue weighted by Crippen LogP contribution is 2.47. The van der Waals surface area contributed by atoms with Gasteiger partial charge in [0.25, 0.3) is 0 Å². The van der Waals surface area contributed by atoms with Crippen molar-refractivity contribution in [3.63, 3.8) is 0 Å². The zero-order valence-corrected chi connectivity index (χ0v) is 20.2. The minimum absolute atomic E-state index is 0.180. The van der Waals surface area contributed by atoms with E-state index in [9.17, 15) is 14.4 Å². The second-order valence-electron chi connectivity index (χ2n) is 8.33. The van der Waals surface area contributed by atoms with Crippen LogP contribution >= 0.6 is 11.8 Å². The first-order valence-electron chi connectivity index (χ1n) is 10.7. The first-order valence-corrected chi connectivity index (χ1v) is 11.6. The Bertz CT molecular complexity index is 1180. The number of nitrogens with zero attached hydrogens (tertiary/aromatic N) is 2. The van der Waals surface area contributed by atoms with E-state index in [1.807, 2.05) is 45.9 Å². The molecule has 1 fully saturated rings. The molecule has 2 atom stereocenters. The van der Waals surface area contributed by atoms with Gasteiger partial charge in [-0.2, -0.15) is 0 Å². The molecule has 0 aliphatic carbocycles. The fraction of sp³-hybridized carbons (Fsp3) is 0.320. The summed E-state index contributed by atoms with van der Waals surface area (Å²) in [7, 11) is 1.53. The highest BCUT2D eigenvalue weighted by atomic mass is 32.2. The number of para-hydroxylation sites is 2. The van der Waals surface area contributed by atoms with E-state index >= 15 is 0 Å². The third kappa shape index (κ3) is 4.11. The standard InChI is InChI=1S/C25H27N3O4S/c1-14-10-11-18(12-15(14)2)28-23(30)22-16(3)17(4)33-24(22)27(25(28)31)13-21(29)26-19-8-6-7-9-20(19)32-5/h6-12,22,24H,13H2,1-5H3,(H,26,29). The number of anilines is 2. The number of carbonyl (C=O) groups excluding carboxylic acids is 3. The van der Waals surface area contributed by atoms with Gasteiger partial charge in [-0.15, -0.1) is 11.8 Å². The number of urea groups is 1. The summed E-state index contributed by atoms with van der Waals surface area (Å²) in [4.78, 5) is 43.8. The lowest BCUT2D eigenvalue weighted by atomic mass is 9.95. The van der Waals surface area contributed by atoms with E-state index in [4.69, 9.17) is 4.74 Å². The van der Waals surface area contributed by atoms with Gasteiger partial charge in [0.15, 0.2) is 0 Å². The molecule has 4 rings (SSSR count). The van der Waals surface area contributed by atoms with Crippen LogP contribution in [-0.2, 0) is 9.59 Å². The van der Waals surface area contributed by atoms with Gasteiger partial charge in [-0.1, -0.05) is 18.2 Å². The number of amides is 4. The van der Waals surface area contributed by atoms with Crippen molar-refractivity contribution >= 4 is 41.0 Å². The quantitative estimate of drug-likeness (QED) is 0.692. The number of methoxy groups -OCH3 is 1. The third-order valence-electron chi connectivity index (χ3n) is 6.28. The topological polar surface area (TPSA) is 79.0 Å². The zero-order valence-electron chi connectivity index (χ0n) is 19.3. The Morgan fingerprint density at radius 3 is 2.48 bits per heavy atom. The summed E-state index contributed by atoms with van der Waals surface area (Å²) in [5.74, 6) is -0.571. The SMILES string of the molecule is COc1ccccc1NC(=O)CN1C(=O)N(c2ccc(C)c(C)c2)C(=O)C2C(C)=C(C)SC21. The Labute approximate surface area is 197 Å². The van der Waals surface area contributed by atoms with Crippen LogP contribution in [0.15, 0.2) is 52.9 Å². The molecule has 0 saturated carbocycles. The molecule has 0 radical (unpaired) electrons. The molecule has 33 heavy (non-hydrogen) atoms. The molecular weight excluding hydrogens is 438 g/mol. The van der Waals surface area contributed by atoms with Crippen LogP contribution in [0.4, 0.5) is 16.2 Å². The molecule has 0 spiro atoms. The molecule has 2 aromatic rings. The number of imide groups is 1. The number of benzene rings is 2. The van der Waals surface area contributed by atoms with Gasteiger partial charge in [-0.05, 0) is 73.6 Å². The number of allylic oxidation sites excluding steroid dienone is 1. The van der Waals surface area contributed by atoms with Crippen LogP contribution in [0.25, 0.3) is 0 Å². The molecule has 7 nitrogen and oxygen atoms in total. The predicted octanol–water partition coefficient (Wildman–Crippen LogP) is 4.70. The van der Waals surface area contributed by atoms with Crippen molar-refractivity contribution in [1.29, 1.82) is 0 Å². The van der Waals surface area contributed by atoms with E-state index in [0.717, 1.165) is 21.6 Å². The third-order valence-corrected chi connectivity index (χ3v) is 7.72. The summed E-state index contributed by atoms with van der Waals surface area (Å²) in [6, 6.07) is 12.1. The van der Waals surface area contributed by atoms with Crippen molar-refractivity contribution in [2.45, 2.75) is 33.1 Å². The van der Waals surface area contributed by atoms with Crippen molar-refractivity contribution in [3.8, 4) is 5.75 Å². The Hall–Kier alpha value is -3.26. The number of nitrogens with one attached hydrogen (secondary N) is 1. The largest absolute Gasteiger partial charge is 0.495 e. The number of thioether (sulfide) groups is 1. The first kappa shape index (κ1) is 22.9. The maximum absolute atomic E-state index is 13.6. The molecule has 172 valence electrons. The predicted molar refractivity (Wildman–Crippen MR) is 130 cm³/mol. The number of hydrogen-bond acceptors (Lipinski definition) is 5. The monoisotopic (exact) mass is 465 g/mol. The molecule has 2 aliphatic heterocycles. The second-order valence-corrected chi connectivity index (χ2v) is 9.66. The van der Waals surface area contributed by atoms with Crippen LogP contribution in [-0.4, -0.2) is 41.8 Å². The fourth-order valence-corrected chi connectivity index (χ4v) is 5.57. The minimum Gasteiger partial charge on any atom is -0.495 e. The lowest BCUT2D eigenvalue weighted by molar-refractivity contribution is -0.124. The van der Waals surface area contributed by atoms with Crippen molar-refractivity contribution < 1.29 is 19.1 Å². The van der Waals surface area contributed by atoms with E-state index in [-0.39, 0.29) is 18.4 Å². The van der Waals surface area contributed by atoms with Gasteiger partial charge < -0.3 is 15.0 Å². The number of fused-ring (bicyclic) bond motifs is 1. The summed E-state index contributed by atoms with van der Waals surface area (Å²) in [6.45, 7) is 7.61. The van der Waals surface area contributed by atoms with Gasteiger partial charge >= 0.3 is 6.03 Å². The summed E-state index contributed by atoms with van der Waals surface area (Å²) < 4.78 is 5.31. The van der Waals surface area contributed by atoms with E-state index in [0.29, 0.717) is 17.1 Å². The van der Waals surface area contributed by atoms with E-state index in [1.54, 1.807) is 24.3 Å². The Morgan fingerprint density at radius 2 is 1.79 bits per heavy atom. The summed E-state index contributed by atoms with van der Waals surface area (Å²) in [5.41, 5.74) is 4.04. The number of aryl methyl sites for hydroxylation is 2. The number of rotatable bonds is 5. The van der Waals surface area contributed by atoms with Crippen molar-refractivity contribution in [2.24, 2.45) is 5.92 Å². The minimum atomic E-state index is -0.492. The smallest absolute Gasteiger partial charge is 0.332 e. The van der Waals surface area contributed by atoms with Crippen LogP contribution in [0.1, 0.15) is 25.0 Å². The number of ether oxygens (including phenoxy) is 1. The molecule has 2 unspecified atom stereocenters. The van der Waals surface area contributed by atoms with E-state index in [2.05, 4.69) is 5.32 Å². The summed E-state index contributed by atoms with van der Waals surface area (Å²) in [6.07, 6.45) is 0. The van der Waals surface area contributed by atoms with Crippen LogP contribution in [0.3, 0.4) is 0 Å². The second kappa shape index (κ2) is 8.94. The normalized spacial score (nSPS) is 20.3. The average Bonchev–Trinajstić information content (AvgIpc) is 3.08. The molecule has 1 saturated heterocycles. The molecule has 4 amide bonds. The van der Waals surface area contributed by atoms with Gasteiger partial charge in [0.2, 0.25) is 11.8 Å². The van der Waals surface area contributed by atoms with Gasteiger partial charge in [0, 0.05) is 0 Å². The van der Waals surface area contributed by atoms with Gasteiger partial charge in [0.05, 0.1) is 29.8 Å². The van der Waals surface area contributed by atoms with Crippen LogP contribution in [0.2, 0.25) is 0 Å². The van der Waals surface area contributed by atoms with Gasteiger partial charge in [-0.3, -0.25) is 9.59 Å². The Morgan fingerprint density at radius 1 is 1.06 bits per heavy atom. The van der Waals surface area contributed by atoms with Crippen LogP contribution in [0, 0.1) is 19.8 Å². The summed E-state index contributed by atoms with van der Waals surface area (Å²) in [5, 5.41) is 2.38. The number of carbonyl (C=O) groups is 3. The molecule has 0 aromatic heterocycles. The Balaban J connectivity index is 1.66. The van der Waals surface area contributed by atoms with Gasteiger partial charge in [0.1, 0.15) is 12.3 Å². The zero-order chi connectivity index (χ0) is 23.9. The first-order chi connectivity index (χ1) is 15.7. The van der Waals surface area contributed by atoms with Crippen LogP contribution in [0.5, 0.6) is 5.75 Å². The lowest BCUT2D eigenvalue weighted by Crippen LogP contribution is -2.61. The van der Waals surface area contributed by atoms with E-state index < -0.39 is 17.3 Å². The maximum atomic E-state index is 13.6.